The molecule has 0 aromatic carbocycles. The monoisotopic (exact) mass is 203 g/mol. The number of thioether (sulfide) groups is 1. The average molecular weight is 203 g/mol. The third-order valence-electron chi connectivity index (χ3n) is 3.04. The zero-order valence-corrected chi connectivity index (χ0v) is 8.65. The van der Waals surface area contributed by atoms with E-state index >= 15 is 0 Å². The maximum absolute atomic E-state index is 5.89. The molecule has 0 bridgehead atoms. The molecule has 1 spiro atoms. The Kier molecular flexibility index (Phi) is 3.14. The first-order valence-corrected chi connectivity index (χ1v) is 6.07. The van der Waals surface area contributed by atoms with E-state index in [4.69, 9.17) is 15.5 Å². The summed E-state index contributed by atoms with van der Waals surface area (Å²) in [6, 6.07) is 0. The first-order valence-electron chi connectivity index (χ1n) is 4.92. The molecule has 2 saturated heterocycles. The third kappa shape index (κ3) is 2.18. The minimum absolute atomic E-state index is 0.105. The van der Waals surface area contributed by atoms with Gasteiger partial charge < -0.3 is 9.57 Å². The Labute approximate surface area is 83.3 Å². The molecule has 2 fully saturated rings. The average Bonchev–Trinajstić information content (AvgIpc) is 2.19. The van der Waals surface area contributed by atoms with Gasteiger partial charge in [-0.25, -0.2) is 5.90 Å². The summed E-state index contributed by atoms with van der Waals surface area (Å²) >= 11 is 2.02. The lowest BCUT2D eigenvalue weighted by Crippen LogP contribution is -2.45. The number of hydrogen-bond acceptors (Lipinski definition) is 4. The van der Waals surface area contributed by atoms with Crippen LogP contribution in [0.15, 0.2) is 0 Å². The van der Waals surface area contributed by atoms with Crippen molar-refractivity contribution in [2.75, 3.05) is 18.1 Å². The molecule has 4 heteroatoms. The van der Waals surface area contributed by atoms with Crippen molar-refractivity contribution in [2.24, 2.45) is 5.90 Å². The summed E-state index contributed by atoms with van der Waals surface area (Å²) in [5, 5.41) is 0. The first-order chi connectivity index (χ1) is 6.35. The highest BCUT2D eigenvalue weighted by molar-refractivity contribution is 7.99. The van der Waals surface area contributed by atoms with Crippen molar-refractivity contribution in [3.63, 3.8) is 0 Å². The summed E-state index contributed by atoms with van der Waals surface area (Å²) in [6.07, 6.45) is 4.49. The van der Waals surface area contributed by atoms with Crippen LogP contribution in [0.1, 0.15) is 25.7 Å². The van der Waals surface area contributed by atoms with E-state index in [2.05, 4.69) is 0 Å². The SMILES string of the molecule is NOC1CCOC2(CCSCC2)C1. The van der Waals surface area contributed by atoms with Crippen molar-refractivity contribution in [2.45, 2.75) is 37.4 Å². The molecule has 0 aliphatic carbocycles. The Morgan fingerprint density at radius 2 is 2.15 bits per heavy atom. The molecular weight excluding hydrogens is 186 g/mol. The van der Waals surface area contributed by atoms with Crippen molar-refractivity contribution in [1.82, 2.24) is 0 Å². The van der Waals surface area contributed by atoms with Gasteiger partial charge >= 0.3 is 0 Å². The van der Waals surface area contributed by atoms with Crippen LogP contribution in [0.3, 0.4) is 0 Å². The molecule has 1 atom stereocenters. The van der Waals surface area contributed by atoms with Crippen LogP contribution in [0.2, 0.25) is 0 Å². The molecule has 13 heavy (non-hydrogen) atoms. The third-order valence-corrected chi connectivity index (χ3v) is 4.03. The van der Waals surface area contributed by atoms with Gasteiger partial charge in [-0.1, -0.05) is 0 Å². The second-order valence-electron chi connectivity index (χ2n) is 3.89. The maximum Gasteiger partial charge on any atom is 0.0836 e. The van der Waals surface area contributed by atoms with Crippen molar-refractivity contribution >= 4 is 11.8 Å². The van der Waals surface area contributed by atoms with Gasteiger partial charge in [0.1, 0.15) is 0 Å². The van der Waals surface area contributed by atoms with Crippen molar-refractivity contribution in [3.8, 4) is 0 Å². The van der Waals surface area contributed by atoms with E-state index in [1.165, 1.54) is 11.5 Å². The Balaban J connectivity index is 1.95. The lowest BCUT2D eigenvalue weighted by atomic mass is 9.87. The van der Waals surface area contributed by atoms with Gasteiger partial charge in [0, 0.05) is 13.0 Å². The van der Waals surface area contributed by atoms with Gasteiger partial charge in [-0.3, -0.25) is 0 Å². The molecule has 76 valence electrons. The Bertz CT molecular complexity index is 165. The van der Waals surface area contributed by atoms with E-state index < -0.39 is 0 Å². The van der Waals surface area contributed by atoms with E-state index in [9.17, 15) is 0 Å². The van der Waals surface area contributed by atoms with Crippen LogP contribution in [0.4, 0.5) is 0 Å². The summed E-state index contributed by atoms with van der Waals surface area (Å²) < 4.78 is 5.89. The van der Waals surface area contributed by atoms with Gasteiger partial charge in [-0.05, 0) is 30.8 Å². The standard InChI is InChI=1S/C9H17NO2S/c10-12-8-1-4-11-9(7-8)2-5-13-6-3-9/h8H,1-7,10H2. The van der Waals surface area contributed by atoms with Crippen LogP contribution in [0.5, 0.6) is 0 Å². The number of nitrogens with two attached hydrogens (primary N) is 1. The molecule has 0 aromatic rings. The van der Waals surface area contributed by atoms with Gasteiger partial charge in [0.05, 0.1) is 11.7 Å². The molecule has 0 radical (unpaired) electrons. The van der Waals surface area contributed by atoms with Gasteiger partial charge in [0.15, 0.2) is 0 Å². The molecule has 0 saturated carbocycles. The predicted molar refractivity (Wildman–Crippen MR) is 53.5 cm³/mol. The van der Waals surface area contributed by atoms with Crippen LogP contribution in [0, 0.1) is 0 Å². The van der Waals surface area contributed by atoms with Gasteiger partial charge in [0.25, 0.3) is 0 Å². The fraction of sp³-hybridized carbons (Fsp3) is 1.00. The summed E-state index contributed by atoms with van der Waals surface area (Å²) in [6.45, 7) is 0.812. The molecule has 2 heterocycles. The predicted octanol–water partition coefficient (Wildman–Crippen LogP) is 1.32. The van der Waals surface area contributed by atoms with Crippen LogP contribution >= 0.6 is 11.8 Å². The Morgan fingerprint density at radius 1 is 1.38 bits per heavy atom. The maximum atomic E-state index is 5.89. The molecular formula is C9H17NO2S. The molecule has 2 rings (SSSR count). The highest BCUT2D eigenvalue weighted by atomic mass is 32.2. The summed E-state index contributed by atoms with van der Waals surface area (Å²) in [5.74, 6) is 7.67. The van der Waals surface area contributed by atoms with E-state index in [0.717, 1.165) is 32.3 Å². The fourth-order valence-corrected chi connectivity index (χ4v) is 3.43. The lowest BCUT2D eigenvalue weighted by molar-refractivity contribution is -0.138. The largest absolute Gasteiger partial charge is 0.375 e. The molecule has 2 aliphatic heterocycles. The zero-order chi connectivity index (χ0) is 9.15. The number of ether oxygens (including phenoxy) is 1. The molecule has 2 aliphatic rings. The van der Waals surface area contributed by atoms with Crippen molar-refractivity contribution < 1.29 is 9.57 Å². The number of hydrogen-bond donors (Lipinski definition) is 1. The zero-order valence-electron chi connectivity index (χ0n) is 7.83. The second-order valence-corrected chi connectivity index (χ2v) is 5.12. The summed E-state index contributed by atoms with van der Waals surface area (Å²) in [5.41, 5.74) is 0.105. The van der Waals surface area contributed by atoms with Gasteiger partial charge in [0.2, 0.25) is 0 Å². The van der Waals surface area contributed by atoms with E-state index in [1.54, 1.807) is 0 Å². The smallest absolute Gasteiger partial charge is 0.0836 e. The van der Waals surface area contributed by atoms with E-state index in [-0.39, 0.29) is 11.7 Å². The number of rotatable bonds is 1. The normalized spacial score (nSPS) is 33.5. The highest BCUT2D eigenvalue weighted by Crippen LogP contribution is 2.37. The minimum Gasteiger partial charge on any atom is -0.375 e. The lowest BCUT2D eigenvalue weighted by Gasteiger charge is -2.42. The molecule has 0 aromatic heterocycles. The van der Waals surface area contributed by atoms with Crippen LogP contribution in [-0.2, 0) is 9.57 Å². The summed E-state index contributed by atoms with van der Waals surface area (Å²) in [7, 11) is 0. The summed E-state index contributed by atoms with van der Waals surface area (Å²) in [4.78, 5) is 4.93. The van der Waals surface area contributed by atoms with Gasteiger partial charge in [-0.2, -0.15) is 11.8 Å². The first kappa shape index (κ1) is 9.77. The van der Waals surface area contributed by atoms with E-state index in [1.807, 2.05) is 11.8 Å². The molecule has 3 nitrogen and oxygen atoms in total. The highest BCUT2D eigenvalue weighted by Gasteiger charge is 2.38. The van der Waals surface area contributed by atoms with E-state index in [0.29, 0.717) is 0 Å². The van der Waals surface area contributed by atoms with Gasteiger partial charge in [-0.15, -0.1) is 0 Å². The second kappa shape index (κ2) is 4.17. The molecule has 0 amide bonds. The minimum atomic E-state index is 0.105. The van der Waals surface area contributed by atoms with Crippen LogP contribution in [-0.4, -0.2) is 29.8 Å². The van der Waals surface area contributed by atoms with Crippen LogP contribution < -0.4 is 5.90 Å². The van der Waals surface area contributed by atoms with Crippen LogP contribution in [0.25, 0.3) is 0 Å². The topological polar surface area (TPSA) is 44.5 Å². The van der Waals surface area contributed by atoms with Crippen molar-refractivity contribution in [1.29, 1.82) is 0 Å². The molecule has 2 N–H and O–H groups in total. The Morgan fingerprint density at radius 3 is 2.85 bits per heavy atom. The molecule has 1 unspecified atom stereocenters. The Hall–Kier alpha value is 0.230. The van der Waals surface area contributed by atoms with Crippen molar-refractivity contribution in [3.05, 3.63) is 0 Å². The quantitative estimate of drug-likeness (QED) is 0.653. The fourth-order valence-electron chi connectivity index (χ4n) is 2.19.